The SMILES string of the molecule is Cn1c(C(=O)O)cnc1CN1CCCC1. The number of carboxylic acids is 1. The Morgan fingerprint density at radius 3 is 2.73 bits per heavy atom. The predicted octanol–water partition coefficient (Wildman–Crippen LogP) is 0.714. The lowest BCUT2D eigenvalue weighted by Crippen LogP contribution is -2.21. The molecule has 0 saturated carbocycles. The first-order valence-corrected chi connectivity index (χ1v) is 5.14. The smallest absolute Gasteiger partial charge is 0.354 e. The van der Waals surface area contributed by atoms with Gasteiger partial charge in [0.1, 0.15) is 11.5 Å². The molecule has 15 heavy (non-hydrogen) atoms. The summed E-state index contributed by atoms with van der Waals surface area (Å²) in [6, 6.07) is 0. The quantitative estimate of drug-likeness (QED) is 0.796. The Labute approximate surface area is 88.3 Å². The zero-order valence-electron chi connectivity index (χ0n) is 8.81. The molecule has 2 rings (SSSR count). The lowest BCUT2D eigenvalue weighted by atomic mass is 10.4. The molecular weight excluding hydrogens is 194 g/mol. The molecule has 0 atom stereocenters. The van der Waals surface area contributed by atoms with Gasteiger partial charge in [0.2, 0.25) is 0 Å². The molecule has 0 bridgehead atoms. The molecule has 0 unspecified atom stereocenters. The van der Waals surface area contributed by atoms with Gasteiger partial charge < -0.3 is 9.67 Å². The monoisotopic (exact) mass is 209 g/mol. The van der Waals surface area contributed by atoms with Crippen LogP contribution in [0.2, 0.25) is 0 Å². The van der Waals surface area contributed by atoms with Crippen LogP contribution in [0.4, 0.5) is 0 Å². The average molecular weight is 209 g/mol. The molecule has 1 aliphatic heterocycles. The largest absolute Gasteiger partial charge is 0.477 e. The molecule has 2 heterocycles. The fourth-order valence-corrected chi connectivity index (χ4v) is 1.93. The van der Waals surface area contributed by atoms with Crippen molar-refractivity contribution < 1.29 is 9.90 Å². The summed E-state index contributed by atoms with van der Waals surface area (Å²) < 4.78 is 1.65. The van der Waals surface area contributed by atoms with Crippen molar-refractivity contribution in [3.05, 3.63) is 17.7 Å². The molecule has 1 aromatic heterocycles. The van der Waals surface area contributed by atoms with Gasteiger partial charge in [0.15, 0.2) is 0 Å². The minimum atomic E-state index is -0.919. The van der Waals surface area contributed by atoms with Crippen LogP contribution >= 0.6 is 0 Å². The van der Waals surface area contributed by atoms with Crippen LogP contribution in [-0.4, -0.2) is 38.6 Å². The van der Waals surface area contributed by atoms with E-state index in [9.17, 15) is 4.79 Å². The summed E-state index contributed by atoms with van der Waals surface area (Å²) in [6.07, 6.45) is 3.89. The summed E-state index contributed by atoms with van der Waals surface area (Å²) >= 11 is 0. The van der Waals surface area contributed by atoms with Gasteiger partial charge in [-0.1, -0.05) is 0 Å². The van der Waals surface area contributed by atoms with E-state index in [1.807, 2.05) is 0 Å². The van der Waals surface area contributed by atoms with Gasteiger partial charge in [-0.05, 0) is 25.9 Å². The lowest BCUT2D eigenvalue weighted by molar-refractivity contribution is 0.0686. The fourth-order valence-electron chi connectivity index (χ4n) is 1.93. The molecule has 0 spiro atoms. The second-order valence-electron chi connectivity index (χ2n) is 3.91. The van der Waals surface area contributed by atoms with Crippen molar-refractivity contribution in [1.82, 2.24) is 14.5 Å². The maximum atomic E-state index is 10.8. The molecule has 0 amide bonds. The molecule has 1 aromatic rings. The van der Waals surface area contributed by atoms with Crippen LogP contribution in [-0.2, 0) is 13.6 Å². The van der Waals surface area contributed by atoms with Crippen LogP contribution in [0, 0.1) is 0 Å². The normalized spacial score (nSPS) is 17.1. The number of hydrogen-bond donors (Lipinski definition) is 1. The Morgan fingerprint density at radius 1 is 1.53 bits per heavy atom. The summed E-state index contributed by atoms with van der Waals surface area (Å²) in [6.45, 7) is 2.94. The number of aromatic carboxylic acids is 1. The first-order chi connectivity index (χ1) is 7.18. The minimum absolute atomic E-state index is 0.254. The summed E-state index contributed by atoms with van der Waals surface area (Å²) in [5, 5.41) is 8.87. The highest BCUT2D eigenvalue weighted by Gasteiger charge is 2.17. The Bertz CT molecular complexity index is 367. The first-order valence-electron chi connectivity index (χ1n) is 5.14. The van der Waals surface area contributed by atoms with Gasteiger partial charge in [-0.15, -0.1) is 0 Å². The molecule has 1 saturated heterocycles. The van der Waals surface area contributed by atoms with E-state index in [1.165, 1.54) is 19.0 Å². The Kier molecular flexibility index (Phi) is 2.73. The zero-order chi connectivity index (χ0) is 10.8. The molecule has 0 aromatic carbocycles. The highest BCUT2D eigenvalue weighted by Crippen LogP contribution is 2.12. The van der Waals surface area contributed by atoms with Crippen LogP contribution in [0.3, 0.4) is 0 Å². The van der Waals surface area contributed by atoms with E-state index < -0.39 is 5.97 Å². The Balaban J connectivity index is 2.11. The predicted molar refractivity (Wildman–Crippen MR) is 54.7 cm³/mol. The maximum absolute atomic E-state index is 10.8. The standard InChI is InChI=1S/C10H15N3O2/c1-12-8(10(14)15)6-11-9(12)7-13-4-2-3-5-13/h6H,2-5,7H2,1H3,(H,14,15). The number of carboxylic acid groups (broad SMARTS) is 1. The summed E-state index contributed by atoms with van der Waals surface area (Å²) in [7, 11) is 1.75. The third-order valence-electron chi connectivity index (χ3n) is 2.87. The van der Waals surface area contributed by atoms with Crippen LogP contribution in [0.25, 0.3) is 0 Å². The van der Waals surface area contributed by atoms with Gasteiger partial charge in [0.25, 0.3) is 0 Å². The van der Waals surface area contributed by atoms with Gasteiger partial charge >= 0.3 is 5.97 Å². The number of rotatable bonds is 3. The van der Waals surface area contributed by atoms with Crippen molar-refractivity contribution in [3.8, 4) is 0 Å². The number of aromatic nitrogens is 2. The van der Waals surface area contributed by atoms with E-state index in [1.54, 1.807) is 11.6 Å². The maximum Gasteiger partial charge on any atom is 0.354 e. The van der Waals surface area contributed by atoms with Crippen molar-refractivity contribution in [2.45, 2.75) is 19.4 Å². The minimum Gasteiger partial charge on any atom is -0.477 e. The molecule has 0 radical (unpaired) electrons. The fraction of sp³-hybridized carbons (Fsp3) is 0.600. The highest BCUT2D eigenvalue weighted by molar-refractivity contribution is 5.85. The van der Waals surface area contributed by atoms with Crippen LogP contribution in [0.5, 0.6) is 0 Å². The van der Waals surface area contributed by atoms with Gasteiger partial charge in [0.05, 0.1) is 12.7 Å². The van der Waals surface area contributed by atoms with Crippen LogP contribution < -0.4 is 0 Å². The second-order valence-corrected chi connectivity index (χ2v) is 3.91. The van der Waals surface area contributed by atoms with E-state index in [2.05, 4.69) is 9.88 Å². The molecule has 5 heteroatoms. The topological polar surface area (TPSA) is 58.4 Å². The first kappa shape index (κ1) is 10.2. The number of imidazole rings is 1. The van der Waals surface area contributed by atoms with Crippen molar-refractivity contribution >= 4 is 5.97 Å². The summed E-state index contributed by atoms with van der Waals surface area (Å²) in [4.78, 5) is 17.2. The van der Waals surface area contributed by atoms with Crippen molar-refractivity contribution in [2.75, 3.05) is 13.1 Å². The van der Waals surface area contributed by atoms with E-state index in [4.69, 9.17) is 5.11 Å². The van der Waals surface area contributed by atoms with E-state index in [-0.39, 0.29) is 5.69 Å². The number of carbonyl (C=O) groups is 1. The van der Waals surface area contributed by atoms with Gasteiger partial charge in [0, 0.05) is 7.05 Å². The number of hydrogen-bond acceptors (Lipinski definition) is 3. The molecule has 1 fully saturated rings. The molecule has 1 N–H and O–H groups in total. The van der Waals surface area contributed by atoms with Gasteiger partial charge in [-0.3, -0.25) is 4.90 Å². The van der Waals surface area contributed by atoms with E-state index in [0.29, 0.717) is 0 Å². The molecule has 0 aliphatic carbocycles. The number of nitrogens with zero attached hydrogens (tertiary/aromatic N) is 3. The van der Waals surface area contributed by atoms with Gasteiger partial charge in [-0.2, -0.15) is 0 Å². The Morgan fingerprint density at radius 2 is 2.20 bits per heavy atom. The average Bonchev–Trinajstić information content (AvgIpc) is 2.78. The summed E-state index contributed by atoms with van der Waals surface area (Å²) in [5.41, 5.74) is 0.254. The van der Waals surface area contributed by atoms with Crippen molar-refractivity contribution in [2.24, 2.45) is 7.05 Å². The lowest BCUT2D eigenvalue weighted by Gasteiger charge is -2.13. The molecule has 5 nitrogen and oxygen atoms in total. The third kappa shape index (κ3) is 2.02. The van der Waals surface area contributed by atoms with Crippen molar-refractivity contribution in [1.29, 1.82) is 0 Å². The zero-order valence-corrected chi connectivity index (χ0v) is 8.81. The van der Waals surface area contributed by atoms with Crippen molar-refractivity contribution in [3.63, 3.8) is 0 Å². The third-order valence-corrected chi connectivity index (χ3v) is 2.87. The Hall–Kier alpha value is -1.36. The molecule has 1 aliphatic rings. The highest BCUT2D eigenvalue weighted by atomic mass is 16.4. The van der Waals surface area contributed by atoms with Crippen LogP contribution in [0.1, 0.15) is 29.2 Å². The van der Waals surface area contributed by atoms with Crippen LogP contribution in [0.15, 0.2) is 6.20 Å². The van der Waals surface area contributed by atoms with Gasteiger partial charge in [-0.25, -0.2) is 9.78 Å². The second kappa shape index (κ2) is 4.02. The molecule has 82 valence electrons. The van der Waals surface area contributed by atoms with E-state index >= 15 is 0 Å². The van der Waals surface area contributed by atoms with E-state index in [0.717, 1.165) is 25.5 Å². The number of likely N-dealkylation sites (tertiary alicyclic amines) is 1. The molecular formula is C10H15N3O2. The summed E-state index contributed by atoms with van der Waals surface area (Å²) in [5.74, 6) is -0.0908.